The molecule has 1 amide bonds. The minimum Gasteiger partial charge on any atom is -0.543 e. The Labute approximate surface area is 191 Å². The molecule has 3 atom stereocenters. The van der Waals surface area contributed by atoms with E-state index in [1.54, 1.807) is 18.2 Å². The highest BCUT2D eigenvalue weighted by Crippen LogP contribution is 2.43. The molecule has 9 heteroatoms. The molecule has 1 unspecified atom stereocenters. The molecule has 0 bridgehead atoms. The average molecular weight is 465 g/mol. The number of rotatable bonds is 10. The number of ether oxygens (including phenoxy) is 1. The van der Waals surface area contributed by atoms with Crippen LogP contribution < -0.4 is 15.5 Å². The first kappa shape index (κ1) is 25.7. The van der Waals surface area contributed by atoms with Gasteiger partial charge in [0, 0.05) is 23.7 Å². The van der Waals surface area contributed by atoms with E-state index in [1.165, 1.54) is 6.92 Å². The summed E-state index contributed by atoms with van der Waals surface area (Å²) in [5.74, 6) is -1.69. The molecule has 4 N–H and O–H groups in total. The number of carboxylic acid groups (broad SMARTS) is 1. The van der Waals surface area contributed by atoms with Crippen LogP contribution in [0.3, 0.4) is 0 Å². The number of nitrogen functional groups attached to an aromatic ring is 1. The maximum Gasteiger partial charge on any atom is 0.407 e. The summed E-state index contributed by atoms with van der Waals surface area (Å²) in [7, 11) is -2.17. The minimum atomic E-state index is -2.17. The third kappa shape index (κ3) is 5.08. The minimum absolute atomic E-state index is 0.110. The van der Waals surface area contributed by atoms with Crippen molar-refractivity contribution in [3.8, 4) is 5.75 Å². The van der Waals surface area contributed by atoms with E-state index in [1.807, 2.05) is 0 Å². The van der Waals surface area contributed by atoms with Gasteiger partial charge in [-0.2, -0.15) is 0 Å². The van der Waals surface area contributed by atoms with E-state index in [2.05, 4.69) is 46.9 Å². The van der Waals surface area contributed by atoms with Crippen LogP contribution in [-0.4, -0.2) is 43.4 Å². The van der Waals surface area contributed by atoms with Gasteiger partial charge in [-0.1, -0.05) is 41.5 Å². The first-order valence-corrected chi connectivity index (χ1v) is 13.3. The zero-order chi connectivity index (χ0) is 24.4. The molecule has 178 valence electrons. The number of anilines is 1. The number of benzene rings is 1. The SMILES string of the molecule is CC(C(=O)O)[C@H]1OC(=O)N[C@@H]1CC(=O)c1ccc(O[Si](C(C)C)(C(C)C)C(C)C)cc1N. The van der Waals surface area contributed by atoms with Crippen LogP contribution in [0.25, 0.3) is 0 Å². The summed E-state index contributed by atoms with van der Waals surface area (Å²) >= 11 is 0. The van der Waals surface area contributed by atoms with Crippen molar-refractivity contribution in [2.75, 3.05) is 5.73 Å². The molecule has 0 saturated carbocycles. The van der Waals surface area contributed by atoms with Gasteiger partial charge in [0.2, 0.25) is 0 Å². The number of cyclic esters (lactones) is 1. The van der Waals surface area contributed by atoms with Gasteiger partial charge in [-0.15, -0.1) is 0 Å². The maximum atomic E-state index is 12.9. The Hall–Kier alpha value is -2.55. The number of alkyl carbamates (subject to hydrolysis) is 1. The van der Waals surface area contributed by atoms with Gasteiger partial charge in [0.15, 0.2) is 5.78 Å². The summed E-state index contributed by atoms with van der Waals surface area (Å²) in [4.78, 5) is 35.9. The zero-order valence-electron chi connectivity index (χ0n) is 20.0. The molecule has 0 aliphatic carbocycles. The van der Waals surface area contributed by atoms with Gasteiger partial charge in [0.1, 0.15) is 11.9 Å². The fourth-order valence-corrected chi connectivity index (χ4v) is 10.2. The lowest BCUT2D eigenvalue weighted by Gasteiger charge is -2.42. The molecule has 1 aromatic rings. The second kappa shape index (κ2) is 9.93. The fraction of sp³-hybridized carbons (Fsp3) is 0.609. The van der Waals surface area contributed by atoms with E-state index in [0.717, 1.165) is 0 Å². The second-order valence-electron chi connectivity index (χ2n) is 9.54. The van der Waals surface area contributed by atoms with Crippen molar-refractivity contribution in [3.05, 3.63) is 23.8 Å². The van der Waals surface area contributed by atoms with Gasteiger partial charge in [-0.25, -0.2) is 4.79 Å². The quantitative estimate of drug-likeness (QED) is 0.262. The van der Waals surface area contributed by atoms with E-state index in [-0.39, 0.29) is 12.2 Å². The molecular formula is C23H36N2O6Si. The van der Waals surface area contributed by atoms with Gasteiger partial charge in [0.25, 0.3) is 8.32 Å². The van der Waals surface area contributed by atoms with Crippen LogP contribution >= 0.6 is 0 Å². The van der Waals surface area contributed by atoms with Crippen LogP contribution in [0, 0.1) is 5.92 Å². The van der Waals surface area contributed by atoms with Crippen molar-refractivity contribution in [2.24, 2.45) is 5.92 Å². The van der Waals surface area contributed by atoms with Crippen molar-refractivity contribution >= 4 is 31.9 Å². The third-order valence-corrected chi connectivity index (χ3v) is 12.6. The lowest BCUT2D eigenvalue weighted by molar-refractivity contribution is -0.144. The van der Waals surface area contributed by atoms with Gasteiger partial charge < -0.3 is 25.3 Å². The summed E-state index contributed by atoms with van der Waals surface area (Å²) in [6.07, 6.45) is -1.77. The molecule has 1 aromatic carbocycles. The lowest BCUT2D eigenvalue weighted by atomic mass is 9.93. The van der Waals surface area contributed by atoms with Crippen LogP contribution in [0.5, 0.6) is 5.75 Å². The Morgan fingerprint density at radius 1 is 1.12 bits per heavy atom. The predicted molar refractivity (Wildman–Crippen MR) is 125 cm³/mol. The van der Waals surface area contributed by atoms with Gasteiger partial charge >= 0.3 is 12.1 Å². The molecule has 0 radical (unpaired) electrons. The molecule has 1 fully saturated rings. The third-order valence-electron chi connectivity index (χ3n) is 6.56. The molecule has 1 aliphatic rings. The number of aliphatic carboxylic acids is 1. The second-order valence-corrected chi connectivity index (χ2v) is 14.9. The van der Waals surface area contributed by atoms with Gasteiger partial charge in [-0.05, 0) is 35.7 Å². The van der Waals surface area contributed by atoms with Crippen LogP contribution in [-0.2, 0) is 9.53 Å². The highest BCUT2D eigenvalue weighted by molar-refractivity contribution is 6.78. The number of carboxylic acids is 1. The summed E-state index contributed by atoms with van der Waals surface area (Å²) in [6, 6.07) is 4.35. The Morgan fingerprint density at radius 3 is 2.16 bits per heavy atom. The average Bonchev–Trinajstić information content (AvgIpc) is 3.04. The van der Waals surface area contributed by atoms with Crippen molar-refractivity contribution in [1.29, 1.82) is 0 Å². The fourth-order valence-electron chi connectivity index (χ4n) is 4.96. The number of ketones is 1. The first-order chi connectivity index (χ1) is 14.8. The molecule has 1 aliphatic heterocycles. The molecule has 1 heterocycles. The number of carbonyl (C=O) groups is 3. The number of hydrogen-bond acceptors (Lipinski definition) is 6. The standard InChI is InChI=1S/C23H36N2O6Si/c1-12(2)32(13(3)4,14(5)6)31-16-8-9-17(18(24)10-16)20(26)11-19-21(15(7)22(27)28)30-23(29)25-19/h8-10,12-15,19,21H,11,24H2,1-7H3,(H,25,29)(H,27,28)/t15?,19-,21-/m1/s1. The van der Waals surface area contributed by atoms with Crippen LogP contribution in [0.2, 0.25) is 16.6 Å². The largest absolute Gasteiger partial charge is 0.543 e. The normalized spacial score (nSPS) is 19.8. The lowest BCUT2D eigenvalue weighted by Crippen LogP contribution is -2.50. The summed E-state index contributed by atoms with van der Waals surface area (Å²) in [5.41, 5.74) is 8.00. The monoisotopic (exact) mass is 464 g/mol. The van der Waals surface area contributed by atoms with Crippen molar-refractivity contribution in [3.63, 3.8) is 0 Å². The number of carbonyl (C=O) groups excluding carboxylic acids is 2. The highest BCUT2D eigenvalue weighted by Gasteiger charge is 2.47. The number of amides is 1. The summed E-state index contributed by atoms with van der Waals surface area (Å²) in [6.45, 7) is 14.6. The van der Waals surface area contributed by atoms with E-state index in [4.69, 9.17) is 14.9 Å². The topological polar surface area (TPSA) is 128 Å². The zero-order valence-corrected chi connectivity index (χ0v) is 21.0. The number of Topliss-reactive ketones (excluding diaryl/α,β-unsaturated/α-hetero) is 1. The summed E-state index contributed by atoms with van der Waals surface area (Å²) < 4.78 is 11.7. The van der Waals surface area contributed by atoms with Gasteiger partial charge in [-0.3, -0.25) is 9.59 Å². The first-order valence-electron chi connectivity index (χ1n) is 11.1. The molecule has 0 aromatic heterocycles. The summed E-state index contributed by atoms with van der Waals surface area (Å²) in [5, 5.41) is 11.8. The molecule has 32 heavy (non-hydrogen) atoms. The van der Waals surface area contributed by atoms with E-state index < -0.39 is 38.4 Å². The highest BCUT2D eigenvalue weighted by atomic mass is 28.4. The van der Waals surface area contributed by atoms with Crippen LogP contribution in [0.4, 0.5) is 10.5 Å². The molecule has 8 nitrogen and oxygen atoms in total. The smallest absolute Gasteiger partial charge is 0.407 e. The van der Waals surface area contributed by atoms with E-state index in [9.17, 15) is 19.5 Å². The Kier molecular flexibility index (Phi) is 7.98. The van der Waals surface area contributed by atoms with E-state index >= 15 is 0 Å². The van der Waals surface area contributed by atoms with Crippen molar-refractivity contribution < 1.29 is 28.7 Å². The number of nitrogens with two attached hydrogens (primary N) is 1. The van der Waals surface area contributed by atoms with E-state index in [0.29, 0.717) is 33.6 Å². The maximum absolute atomic E-state index is 12.9. The number of nitrogens with one attached hydrogen (secondary N) is 1. The predicted octanol–water partition coefficient (Wildman–Crippen LogP) is 4.59. The van der Waals surface area contributed by atoms with Crippen LogP contribution in [0.1, 0.15) is 65.2 Å². The Balaban J connectivity index is 2.23. The van der Waals surface area contributed by atoms with Crippen molar-refractivity contribution in [1.82, 2.24) is 5.32 Å². The Morgan fingerprint density at radius 2 is 1.69 bits per heavy atom. The van der Waals surface area contributed by atoms with Gasteiger partial charge in [0.05, 0.1) is 12.0 Å². The molecule has 2 rings (SSSR count). The Bertz CT molecular complexity index is 848. The number of hydrogen-bond donors (Lipinski definition) is 3. The van der Waals surface area contributed by atoms with Crippen LogP contribution in [0.15, 0.2) is 18.2 Å². The molecule has 1 saturated heterocycles. The molecule has 0 spiro atoms. The van der Waals surface area contributed by atoms with Crippen molar-refractivity contribution in [2.45, 2.75) is 83.7 Å². The molecular weight excluding hydrogens is 428 g/mol.